The van der Waals surface area contributed by atoms with Gasteiger partial charge in [0.2, 0.25) is 10.0 Å². The SMILES string of the molecule is O=C(O)c1cc(F)c(F)c(S(=O)(=O)NC2COC2)c1. The van der Waals surface area contributed by atoms with Crippen LogP contribution in [0.4, 0.5) is 8.78 Å². The van der Waals surface area contributed by atoms with Crippen molar-refractivity contribution in [3.63, 3.8) is 0 Å². The number of sulfonamides is 1. The minimum atomic E-state index is -4.34. The van der Waals surface area contributed by atoms with Crippen LogP contribution in [0.3, 0.4) is 0 Å². The minimum Gasteiger partial charge on any atom is -0.478 e. The highest BCUT2D eigenvalue weighted by Crippen LogP contribution is 2.21. The predicted octanol–water partition coefficient (Wildman–Crippen LogP) is 0.340. The Bertz CT molecular complexity index is 627. The second kappa shape index (κ2) is 4.83. The van der Waals surface area contributed by atoms with Crippen LogP contribution < -0.4 is 4.72 Å². The molecule has 2 N–H and O–H groups in total. The van der Waals surface area contributed by atoms with E-state index in [0.717, 1.165) is 0 Å². The Labute approximate surface area is 107 Å². The van der Waals surface area contributed by atoms with Crippen molar-refractivity contribution in [2.24, 2.45) is 0 Å². The van der Waals surface area contributed by atoms with Gasteiger partial charge in [0.15, 0.2) is 11.6 Å². The molecule has 0 aliphatic carbocycles. The highest BCUT2D eigenvalue weighted by molar-refractivity contribution is 7.89. The van der Waals surface area contributed by atoms with Crippen molar-refractivity contribution in [3.8, 4) is 0 Å². The van der Waals surface area contributed by atoms with E-state index in [2.05, 4.69) is 4.72 Å². The Hall–Kier alpha value is -1.58. The molecule has 1 saturated heterocycles. The molecule has 0 spiro atoms. The van der Waals surface area contributed by atoms with Crippen molar-refractivity contribution in [3.05, 3.63) is 29.3 Å². The van der Waals surface area contributed by atoms with Gasteiger partial charge in [-0.2, -0.15) is 0 Å². The third-order valence-electron chi connectivity index (χ3n) is 2.49. The van der Waals surface area contributed by atoms with Crippen LogP contribution in [0.15, 0.2) is 17.0 Å². The van der Waals surface area contributed by atoms with Crippen molar-refractivity contribution < 1.29 is 31.8 Å². The normalized spacial score (nSPS) is 16.1. The zero-order valence-electron chi connectivity index (χ0n) is 9.39. The summed E-state index contributed by atoms with van der Waals surface area (Å²) in [5, 5.41) is 8.71. The van der Waals surface area contributed by atoms with Crippen LogP contribution in [0.25, 0.3) is 0 Å². The Kier molecular flexibility index (Phi) is 3.52. The molecular formula is C10H9F2NO5S. The molecule has 0 aromatic heterocycles. The summed E-state index contributed by atoms with van der Waals surface area (Å²) in [5.41, 5.74) is -0.649. The van der Waals surface area contributed by atoms with E-state index in [1.54, 1.807) is 0 Å². The van der Waals surface area contributed by atoms with Crippen molar-refractivity contribution in [1.82, 2.24) is 4.72 Å². The van der Waals surface area contributed by atoms with E-state index in [-0.39, 0.29) is 13.2 Å². The highest BCUT2D eigenvalue weighted by atomic mass is 32.2. The van der Waals surface area contributed by atoms with Gasteiger partial charge in [-0.15, -0.1) is 0 Å². The van der Waals surface area contributed by atoms with Crippen LogP contribution >= 0.6 is 0 Å². The van der Waals surface area contributed by atoms with E-state index in [1.807, 2.05) is 0 Å². The number of carboxylic acids is 1. The van der Waals surface area contributed by atoms with Crippen LogP contribution in [0.2, 0.25) is 0 Å². The summed E-state index contributed by atoms with van der Waals surface area (Å²) < 4.78 is 57.2. The fraction of sp³-hybridized carbons (Fsp3) is 0.300. The Morgan fingerprint density at radius 1 is 1.37 bits per heavy atom. The molecule has 104 valence electrons. The van der Waals surface area contributed by atoms with Gasteiger partial charge in [-0.1, -0.05) is 0 Å². The summed E-state index contributed by atoms with van der Waals surface area (Å²) in [6, 6.07) is 0.465. The first-order chi connectivity index (χ1) is 8.81. The fourth-order valence-corrected chi connectivity index (χ4v) is 2.79. The van der Waals surface area contributed by atoms with Gasteiger partial charge in [-0.05, 0) is 12.1 Å². The summed E-state index contributed by atoms with van der Waals surface area (Å²) >= 11 is 0. The maximum absolute atomic E-state index is 13.5. The second-order valence-corrected chi connectivity index (χ2v) is 5.61. The Morgan fingerprint density at radius 2 is 2.00 bits per heavy atom. The molecule has 1 aliphatic rings. The van der Waals surface area contributed by atoms with Crippen LogP contribution in [0.1, 0.15) is 10.4 Å². The molecule has 0 amide bonds. The summed E-state index contributed by atoms with van der Waals surface area (Å²) in [5.74, 6) is -4.70. The number of benzene rings is 1. The van der Waals surface area contributed by atoms with Gasteiger partial charge in [0.05, 0.1) is 24.8 Å². The molecule has 2 rings (SSSR count). The fourth-order valence-electron chi connectivity index (χ4n) is 1.47. The third kappa shape index (κ3) is 2.72. The number of rotatable bonds is 4. The number of hydrogen-bond donors (Lipinski definition) is 2. The van der Waals surface area contributed by atoms with Gasteiger partial charge in [0.1, 0.15) is 4.90 Å². The Morgan fingerprint density at radius 3 is 2.47 bits per heavy atom. The quantitative estimate of drug-likeness (QED) is 0.835. The standard InChI is InChI=1S/C10H9F2NO5S/c11-7-1-5(10(14)15)2-8(9(7)12)19(16,17)13-6-3-18-4-6/h1-2,6,13H,3-4H2,(H,14,15). The lowest BCUT2D eigenvalue weighted by atomic mass is 10.2. The molecule has 6 nitrogen and oxygen atoms in total. The van der Waals surface area contributed by atoms with Gasteiger partial charge < -0.3 is 9.84 Å². The summed E-state index contributed by atoms with van der Waals surface area (Å²) in [4.78, 5) is 9.68. The molecule has 0 radical (unpaired) electrons. The molecule has 0 bridgehead atoms. The first kappa shape index (κ1) is 13.8. The zero-order valence-corrected chi connectivity index (χ0v) is 10.2. The molecular weight excluding hydrogens is 284 g/mol. The number of halogens is 2. The highest BCUT2D eigenvalue weighted by Gasteiger charge is 2.29. The Balaban J connectivity index is 2.44. The number of carbonyl (C=O) groups is 1. The largest absolute Gasteiger partial charge is 0.478 e. The van der Waals surface area contributed by atoms with Gasteiger partial charge in [-0.3, -0.25) is 0 Å². The van der Waals surface area contributed by atoms with Crippen LogP contribution in [-0.4, -0.2) is 38.7 Å². The smallest absolute Gasteiger partial charge is 0.335 e. The van der Waals surface area contributed by atoms with E-state index >= 15 is 0 Å². The summed E-state index contributed by atoms with van der Waals surface area (Å²) in [6.45, 7) is 0.254. The number of nitrogens with one attached hydrogen (secondary N) is 1. The first-order valence-corrected chi connectivity index (χ1v) is 6.62. The molecule has 1 heterocycles. The molecule has 0 saturated carbocycles. The number of hydrogen-bond acceptors (Lipinski definition) is 4. The number of carboxylic acid groups (broad SMARTS) is 1. The third-order valence-corrected chi connectivity index (χ3v) is 4.01. The molecule has 1 aliphatic heterocycles. The lowest BCUT2D eigenvalue weighted by molar-refractivity contribution is 0.00479. The molecule has 1 aromatic rings. The lowest BCUT2D eigenvalue weighted by Gasteiger charge is -2.26. The number of aromatic carboxylic acids is 1. The maximum atomic E-state index is 13.5. The van der Waals surface area contributed by atoms with Crippen LogP contribution in [-0.2, 0) is 14.8 Å². The van der Waals surface area contributed by atoms with Crippen molar-refractivity contribution in [2.45, 2.75) is 10.9 Å². The van der Waals surface area contributed by atoms with Crippen LogP contribution in [0.5, 0.6) is 0 Å². The van der Waals surface area contributed by atoms with Crippen molar-refractivity contribution >= 4 is 16.0 Å². The average Bonchev–Trinajstić information content (AvgIpc) is 2.27. The summed E-state index contributed by atoms with van der Waals surface area (Å²) in [7, 11) is -4.34. The molecule has 0 atom stereocenters. The monoisotopic (exact) mass is 293 g/mol. The average molecular weight is 293 g/mol. The maximum Gasteiger partial charge on any atom is 0.335 e. The number of ether oxygens (including phenoxy) is 1. The lowest BCUT2D eigenvalue weighted by Crippen LogP contribution is -2.48. The van der Waals surface area contributed by atoms with Gasteiger partial charge in [-0.25, -0.2) is 26.7 Å². The van der Waals surface area contributed by atoms with Gasteiger partial charge >= 0.3 is 5.97 Å². The molecule has 1 aromatic carbocycles. The van der Waals surface area contributed by atoms with Crippen molar-refractivity contribution in [1.29, 1.82) is 0 Å². The van der Waals surface area contributed by atoms with E-state index < -0.39 is 44.1 Å². The van der Waals surface area contributed by atoms with Gasteiger partial charge in [0, 0.05) is 0 Å². The van der Waals surface area contributed by atoms with Crippen LogP contribution in [0, 0.1) is 11.6 Å². The molecule has 0 unspecified atom stereocenters. The summed E-state index contributed by atoms with van der Waals surface area (Å²) in [6.07, 6.45) is 0. The second-order valence-electron chi connectivity index (χ2n) is 3.93. The van der Waals surface area contributed by atoms with E-state index in [4.69, 9.17) is 9.84 Å². The van der Waals surface area contributed by atoms with Gasteiger partial charge in [0.25, 0.3) is 0 Å². The molecule has 19 heavy (non-hydrogen) atoms. The predicted molar refractivity (Wildman–Crippen MR) is 58.2 cm³/mol. The van der Waals surface area contributed by atoms with Crippen molar-refractivity contribution in [2.75, 3.05) is 13.2 Å². The zero-order chi connectivity index (χ0) is 14.2. The topological polar surface area (TPSA) is 92.7 Å². The molecule has 1 fully saturated rings. The molecule has 9 heteroatoms. The minimum absolute atomic E-state index is 0.127. The van der Waals surface area contributed by atoms with E-state index in [1.165, 1.54) is 0 Å². The first-order valence-electron chi connectivity index (χ1n) is 5.13. The van der Waals surface area contributed by atoms with E-state index in [0.29, 0.717) is 12.1 Å². The van der Waals surface area contributed by atoms with E-state index in [9.17, 15) is 22.0 Å².